The van der Waals surface area contributed by atoms with Gasteiger partial charge in [-0.05, 0) is 39.8 Å². The highest BCUT2D eigenvalue weighted by Gasteiger charge is 2.27. The van der Waals surface area contributed by atoms with Crippen molar-refractivity contribution in [3.05, 3.63) is 0 Å². The highest BCUT2D eigenvalue weighted by Crippen LogP contribution is 2.20. The minimum Gasteiger partial charge on any atom is -0.378 e. The van der Waals surface area contributed by atoms with Crippen LogP contribution >= 0.6 is 0 Å². The lowest BCUT2D eigenvalue weighted by Gasteiger charge is -2.40. The molecule has 19 heavy (non-hydrogen) atoms. The summed E-state index contributed by atoms with van der Waals surface area (Å²) in [6, 6.07) is 0. The van der Waals surface area contributed by atoms with Gasteiger partial charge in [-0.1, -0.05) is 6.42 Å². The maximum atomic E-state index is 6.09. The van der Waals surface area contributed by atoms with E-state index in [2.05, 4.69) is 28.6 Å². The third-order valence-corrected chi connectivity index (χ3v) is 4.18. The van der Waals surface area contributed by atoms with Crippen LogP contribution in [0.3, 0.4) is 0 Å². The van der Waals surface area contributed by atoms with Crippen molar-refractivity contribution >= 4 is 5.96 Å². The van der Waals surface area contributed by atoms with Gasteiger partial charge in [0.15, 0.2) is 5.96 Å². The second-order valence-electron chi connectivity index (χ2n) is 6.13. The minimum atomic E-state index is 0.108. The van der Waals surface area contributed by atoms with Crippen LogP contribution in [-0.2, 0) is 4.74 Å². The molecular formula is C14H28N4O. The first kappa shape index (κ1) is 14.6. The third-order valence-electron chi connectivity index (χ3n) is 4.18. The summed E-state index contributed by atoms with van der Waals surface area (Å²) in [7, 11) is 0. The molecule has 0 aliphatic carbocycles. The molecule has 0 amide bonds. The van der Waals surface area contributed by atoms with Crippen LogP contribution in [0.1, 0.15) is 33.1 Å². The lowest BCUT2D eigenvalue weighted by molar-refractivity contribution is 0.0668. The number of ether oxygens (including phenoxy) is 1. The Hall–Kier alpha value is -0.810. The molecule has 0 aromatic carbocycles. The van der Waals surface area contributed by atoms with Crippen LogP contribution in [0.5, 0.6) is 0 Å². The smallest absolute Gasteiger partial charge is 0.191 e. The standard InChI is InChI=1S/C14H28N4O/c1-14(2,18-6-4-3-5-7-18)12-16-13(15)17-8-10-19-11-9-17/h3-12H2,1-2H3,(H2,15,16). The molecule has 2 fully saturated rings. The van der Waals surface area contributed by atoms with Gasteiger partial charge in [-0.3, -0.25) is 9.89 Å². The summed E-state index contributed by atoms with van der Waals surface area (Å²) < 4.78 is 5.33. The molecule has 2 aliphatic rings. The number of nitrogens with two attached hydrogens (primary N) is 1. The number of piperidine rings is 1. The lowest BCUT2D eigenvalue weighted by atomic mass is 9.99. The normalized spacial score (nSPS) is 23.7. The zero-order valence-corrected chi connectivity index (χ0v) is 12.4. The molecule has 2 saturated heterocycles. The molecule has 2 aliphatic heterocycles. The van der Waals surface area contributed by atoms with Crippen molar-refractivity contribution in [2.45, 2.75) is 38.6 Å². The van der Waals surface area contributed by atoms with E-state index < -0.39 is 0 Å². The first-order valence-electron chi connectivity index (χ1n) is 7.47. The fraction of sp³-hybridized carbons (Fsp3) is 0.929. The van der Waals surface area contributed by atoms with E-state index in [1.54, 1.807) is 0 Å². The highest BCUT2D eigenvalue weighted by atomic mass is 16.5. The Kier molecular flexibility index (Phi) is 5.05. The lowest BCUT2D eigenvalue weighted by Crippen LogP contribution is -2.50. The molecule has 0 spiro atoms. The van der Waals surface area contributed by atoms with E-state index in [4.69, 9.17) is 10.5 Å². The molecule has 0 unspecified atom stereocenters. The maximum absolute atomic E-state index is 6.09. The van der Waals surface area contributed by atoms with Crippen molar-refractivity contribution in [3.8, 4) is 0 Å². The molecule has 5 nitrogen and oxygen atoms in total. The van der Waals surface area contributed by atoms with Crippen molar-refractivity contribution in [2.24, 2.45) is 10.7 Å². The maximum Gasteiger partial charge on any atom is 0.191 e. The Balaban J connectivity index is 1.87. The van der Waals surface area contributed by atoms with E-state index in [1.165, 1.54) is 32.4 Å². The molecule has 2 heterocycles. The number of aliphatic imine (C=N–C) groups is 1. The Bertz CT molecular complexity index is 305. The number of guanidine groups is 1. The van der Waals surface area contributed by atoms with Crippen LogP contribution in [0.4, 0.5) is 0 Å². The van der Waals surface area contributed by atoms with Gasteiger partial charge in [0.05, 0.1) is 19.8 Å². The van der Waals surface area contributed by atoms with Crippen molar-refractivity contribution in [3.63, 3.8) is 0 Å². The van der Waals surface area contributed by atoms with Gasteiger partial charge in [0.2, 0.25) is 0 Å². The van der Waals surface area contributed by atoms with E-state index in [9.17, 15) is 0 Å². The number of likely N-dealkylation sites (tertiary alicyclic amines) is 1. The predicted octanol–water partition coefficient (Wildman–Crippen LogP) is 0.898. The van der Waals surface area contributed by atoms with Crippen LogP contribution in [0.2, 0.25) is 0 Å². The molecular weight excluding hydrogens is 240 g/mol. The van der Waals surface area contributed by atoms with E-state index >= 15 is 0 Å². The average Bonchev–Trinajstić information content (AvgIpc) is 2.47. The van der Waals surface area contributed by atoms with Crippen LogP contribution in [-0.4, -0.2) is 67.2 Å². The quantitative estimate of drug-likeness (QED) is 0.610. The summed E-state index contributed by atoms with van der Waals surface area (Å²) >= 11 is 0. The number of hydrogen-bond acceptors (Lipinski definition) is 3. The molecule has 0 bridgehead atoms. The van der Waals surface area contributed by atoms with E-state index in [0.717, 1.165) is 32.8 Å². The van der Waals surface area contributed by atoms with Gasteiger partial charge < -0.3 is 15.4 Å². The highest BCUT2D eigenvalue weighted by molar-refractivity contribution is 5.78. The first-order valence-corrected chi connectivity index (χ1v) is 7.47. The van der Waals surface area contributed by atoms with Crippen molar-refractivity contribution in [1.82, 2.24) is 9.80 Å². The van der Waals surface area contributed by atoms with Gasteiger partial charge in [0.1, 0.15) is 0 Å². The second-order valence-corrected chi connectivity index (χ2v) is 6.13. The third kappa shape index (κ3) is 4.08. The molecule has 2 rings (SSSR count). The zero-order valence-electron chi connectivity index (χ0n) is 12.4. The van der Waals surface area contributed by atoms with E-state index in [1.807, 2.05) is 0 Å². The van der Waals surface area contributed by atoms with E-state index in [-0.39, 0.29) is 5.54 Å². The summed E-state index contributed by atoms with van der Waals surface area (Å²) in [6.07, 6.45) is 3.99. The molecule has 0 aromatic rings. The van der Waals surface area contributed by atoms with Crippen molar-refractivity contribution < 1.29 is 4.74 Å². The Morgan fingerprint density at radius 2 is 1.74 bits per heavy atom. The van der Waals surface area contributed by atoms with Crippen LogP contribution in [0, 0.1) is 0 Å². The van der Waals surface area contributed by atoms with Gasteiger partial charge in [-0.2, -0.15) is 0 Å². The molecule has 110 valence electrons. The Morgan fingerprint density at radius 3 is 2.37 bits per heavy atom. The zero-order chi connectivity index (χ0) is 13.7. The van der Waals surface area contributed by atoms with Crippen molar-refractivity contribution in [1.29, 1.82) is 0 Å². The topological polar surface area (TPSA) is 54.1 Å². The van der Waals surface area contributed by atoms with Crippen LogP contribution < -0.4 is 5.73 Å². The summed E-state index contributed by atoms with van der Waals surface area (Å²) in [5.41, 5.74) is 6.20. The number of morpholine rings is 1. The monoisotopic (exact) mass is 268 g/mol. The summed E-state index contributed by atoms with van der Waals surface area (Å²) in [5.74, 6) is 0.674. The van der Waals surface area contributed by atoms with Crippen molar-refractivity contribution in [2.75, 3.05) is 45.9 Å². The predicted molar refractivity (Wildman–Crippen MR) is 78.4 cm³/mol. The SMILES string of the molecule is CC(C)(CN=C(N)N1CCOCC1)N1CCCCC1. The molecule has 0 radical (unpaired) electrons. The molecule has 5 heteroatoms. The van der Waals surface area contributed by atoms with Crippen LogP contribution in [0.25, 0.3) is 0 Å². The van der Waals surface area contributed by atoms with Crippen LogP contribution in [0.15, 0.2) is 4.99 Å². The van der Waals surface area contributed by atoms with Gasteiger partial charge in [0.25, 0.3) is 0 Å². The Morgan fingerprint density at radius 1 is 1.11 bits per heavy atom. The number of nitrogens with zero attached hydrogens (tertiary/aromatic N) is 3. The molecule has 2 N–H and O–H groups in total. The largest absolute Gasteiger partial charge is 0.378 e. The number of hydrogen-bond donors (Lipinski definition) is 1. The fourth-order valence-corrected chi connectivity index (χ4v) is 2.77. The molecule has 0 saturated carbocycles. The average molecular weight is 268 g/mol. The summed E-state index contributed by atoms with van der Waals surface area (Å²) in [6.45, 7) is 10.9. The van der Waals surface area contributed by atoms with Gasteiger partial charge >= 0.3 is 0 Å². The molecule has 0 atom stereocenters. The van der Waals surface area contributed by atoms with Gasteiger partial charge in [-0.15, -0.1) is 0 Å². The minimum absolute atomic E-state index is 0.108. The molecule has 0 aromatic heterocycles. The fourth-order valence-electron chi connectivity index (χ4n) is 2.77. The second kappa shape index (κ2) is 6.57. The Labute approximate surface area is 116 Å². The number of rotatable bonds is 3. The first-order chi connectivity index (χ1) is 9.09. The summed E-state index contributed by atoms with van der Waals surface area (Å²) in [5, 5.41) is 0. The van der Waals surface area contributed by atoms with Gasteiger partial charge in [0, 0.05) is 18.6 Å². The summed E-state index contributed by atoms with van der Waals surface area (Å²) in [4.78, 5) is 9.29. The van der Waals surface area contributed by atoms with E-state index in [0.29, 0.717) is 5.96 Å². The van der Waals surface area contributed by atoms with Gasteiger partial charge in [-0.25, -0.2) is 0 Å².